The Morgan fingerprint density at radius 2 is 2.15 bits per heavy atom. The van der Waals surface area contributed by atoms with Gasteiger partial charge in [-0.3, -0.25) is 14.9 Å². The lowest BCUT2D eigenvalue weighted by atomic mass is 9.98. The molecule has 0 aliphatic carbocycles. The first-order valence-electron chi connectivity index (χ1n) is 5.84. The highest BCUT2D eigenvalue weighted by atomic mass is 16.4. The summed E-state index contributed by atoms with van der Waals surface area (Å²) in [5, 5.41) is 11.4. The van der Waals surface area contributed by atoms with Crippen molar-refractivity contribution in [2.45, 2.75) is 19.4 Å². The number of amides is 2. The number of aromatic nitrogens is 1. The summed E-state index contributed by atoms with van der Waals surface area (Å²) in [5.74, 6) is -2.21. The highest BCUT2D eigenvalue weighted by Crippen LogP contribution is 2.28. The lowest BCUT2D eigenvalue weighted by Gasteiger charge is -2.41. The zero-order valence-corrected chi connectivity index (χ0v) is 11.0. The third-order valence-electron chi connectivity index (χ3n) is 3.16. The number of carboxylic acids is 1. The van der Waals surface area contributed by atoms with Gasteiger partial charge in [-0.15, -0.1) is 0 Å². The maximum atomic E-state index is 11.9. The van der Waals surface area contributed by atoms with Gasteiger partial charge in [-0.2, -0.15) is 0 Å². The molecule has 1 aromatic rings. The number of hydrogen-bond donors (Lipinski definition) is 3. The first-order chi connectivity index (χ1) is 9.23. The zero-order chi connectivity index (χ0) is 15.1. The summed E-state index contributed by atoms with van der Waals surface area (Å²) < 4.78 is 0. The van der Waals surface area contributed by atoms with Crippen LogP contribution in [0, 0.1) is 0 Å². The second-order valence-electron chi connectivity index (χ2n) is 4.97. The molecule has 1 aliphatic heterocycles. The Hall–Kier alpha value is -2.64. The van der Waals surface area contributed by atoms with Gasteiger partial charge in [-0.1, -0.05) is 0 Å². The van der Waals surface area contributed by atoms with Crippen molar-refractivity contribution in [3.63, 3.8) is 0 Å². The van der Waals surface area contributed by atoms with Gasteiger partial charge in [0.05, 0.1) is 18.4 Å². The quantitative estimate of drug-likeness (QED) is 0.628. The lowest BCUT2D eigenvalue weighted by molar-refractivity contribution is -0.135. The maximum Gasteiger partial charge on any atom is 0.339 e. The maximum absolute atomic E-state index is 11.9. The molecule has 0 aromatic carbocycles. The molecular formula is C12H14N4O4. The van der Waals surface area contributed by atoms with Gasteiger partial charge in [0.2, 0.25) is 5.91 Å². The molecule has 0 unspecified atom stereocenters. The lowest BCUT2D eigenvalue weighted by Crippen LogP contribution is -2.64. The van der Waals surface area contributed by atoms with Crippen molar-refractivity contribution in [1.29, 1.82) is 0 Å². The Bertz CT molecular complexity index is 611. The molecule has 106 valence electrons. The van der Waals surface area contributed by atoms with Crippen LogP contribution in [0.25, 0.3) is 0 Å². The number of aromatic carboxylic acids is 1. The Morgan fingerprint density at radius 1 is 1.50 bits per heavy atom. The van der Waals surface area contributed by atoms with Crippen LogP contribution < -0.4 is 16.0 Å². The van der Waals surface area contributed by atoms with Crippen molar-refractivity contribution >= 4 is 29.3 Å². The van der Waals surface area contributed by atoms with Crippen LogP contribution in [-0.2, 0) is 9.59 Å². The van der Waals surface area contributed by atoms with Crippen molar-refractivity contribution in [3.05, 3.63) is 17.8 Å². The van der Waals surface area contributed by atoms with E-state index in [2.05, 4.69) is 10.3 Å². The molecule has 1 saturated heterocycles. The minimum Gasteiger partial charge on any atom is -0.478 e. The third-order valence-corrected chi connectivity index (χ3v) is 3.16. The number of nitrogen functional groups attached to an aromatic ring is 1. The van der Waals surface area contributed by atoms with E-state index in [0.717, 1.165) is 0 Å². The summed E-state index contributed by atoms with van der Waals surface area (Å²) in [5.41, 5.74) is 4.47. The molecule has 0 saturated carbocycles. The van der Waals surface area contributed by atoms with E-state index in [-0.39, 0.29) is 23.6 Å². The van der Waals surface area contributed by atoms with E-state index in [4.69, 9.17) is 5.73 Å². The van der Waals surface area contributed by atoms with Gasteiger partial charge in [0, 0.05) is 0 Å². The molecule has 0 radical (unpaired) electrons. The predicted octanol–water partition coefficient (Wildman–Crippen LogP) is -0.397. The molecule has 0 bridgehead atoms. The number of rotatable bonds is 2. The summed E-state index contributed by atoms with van der Waals surface area (Å²) in [7, 11) is 0. The van der Waals surface area contributed by atoms with Crippen molar-refractivity contribution in [3.8, 4) is 0 Å². The van der Waals surface area contributed by atoms with Gasteiger partial charge >= 0.3 is 5.97 Å². The molecule has 1 aromatic heterocycles. The molecule has 0 atom stereocenters. The number of carbonyl (C=O) groups excluding carboxylic acids is 2. The van der Waals surface area contributed by atoms with Crippen LogP contribution in [0.4, 0.5) is 11.5 Å². The summed E-state index contributed by atoms with van der Waals surface area (Å²) in [6, 6.07) is 1.25. The molecule has 0 spiro atoms. The second-order valence-corrected chi connectivity index (χ2v) is 4.97. The Labute approximate surface area is 114 Å². The molecule has 1 fully saturated rings. The standard InChI is InChI=1S/C12H14N4O4/c1-12(2)11(20)15-8(17)5-16(12)9-7(10(18)19)3-6(13)4-14-9/h3-4H,5,13H2,1-2H3,(H,18,19)(H,15,17,20). The summed E-state index contributed by atoms with van der Waals surface area (Å²) in [6.45, 7) is 3.01. The van der Waals surface area contributed by atoms with Gasteiger partial charge in [0.1, 0.15) is 16.9 Å². The minimum atomic E-state index is -1.23. The van der Waals surface area contributed by atoms with E-state index >= 15 is 0 Å². The molecule has 20 heavy (non-hydrogen) atoms. The van der Waals surface area contributed by atoms with Crippen LogP contribution in [0.1, 0.15) is 24.2 Å². The van der Waals surface area contributed by atoms with Gasteiger partial charge in [0.25, 0.3) is 5.91 Å². The number of pyridine rings is 1. The van der Waals surface area contributed by atoms with E-state index in [9.17, 15) is 19.5 Å². The summed E-state index contributed by atoms with van der Waals surface area (Å²) >= 11 is 0. The number of nitrogens with zero attached hydrogens (tertiary/aromatic N) is 2. The smallest absolute Gasteiger partial charge is 0.339 e. The largest absolute Gasteiger partial charge is 0.478 e. The second kappa shape index (κ2) is 4.48. The molecular weight excluding hydrogens is 264 g/mol. The Morgan fingerprint density at radius 3 is 2.75 bits per heavy atom. The van der Waals surface area contributed by atoms with E-state index in [1.165, 1.54) is 17.2 Å². The highest BCUT2D eigenvalue weighted by Gasteiger charge is 2.42. The molecule has 8 heteroatoms. The molecule has 8 nitrogen and oxygen atoms in total. The van der Waals surface area contributed by atoms with Crippen molar-refractivity contribution in [1.82, 2.24) is 10.3 Å². The normalized spacial score (nSPS) is 17.8. The monoisotopic (exact) mass is 278 g/mol. The predicted molar refractivity (Wildman–Crippen MR) is 70.2 cm³/mol. The SMILES string of the molecule is CC1(C)C(=O)NC(=O)CN1c1ncc(N)cc1C(=O)O. The summed E-state index contributed by atoms with van der Waals surface area (Å²) in [4.78, 5) is 40.0. The van der Waals surface area contributed by atoms with Crippen LogP contribution in [0.2, 0.25) is 0 Å². The Balaban J connectivity index is 2.57. The highest BCUT2D eigenvalue weighted by molar-refractivity contribution is 6.07. The number of anilines is 2. The Kier molecular flexibility index (Phi) is 3.09. The third kappa shape index (κ3) is 2.15. The molecule has 1 aliphatic rings. The fraction of sp³-hybridized carbons (Fsp3) is 0.333. The summed E-state index contributed by atoms with van der Waals surface area (Å²) in [6.07, 6.45) is 1.29. The van der Waals surface area contributed by atoms with E-state index in [1.807, 2.05) is 0 Å². The fourth-order valence-corrected chi connectivity index (χ4v) is 1.97. The number of piperazine rings is 1. The molecule has 2 rings (SSSR count). The molecule has 2 heterocycles. The van der Waals surface area contributed by atoms with Crippen LogP contribution in [0.15, 0.2) is 12.3 Å². The number of hydrogen-bond acceptors (Lipinski definition) is 6. The van der Waals surface area contributed by atoms with Crippen molar-refractivity contribution < 1.29 is 19.5 Å². The van der Waals surface area contributed by atoms with Crippen molar-refractivity contribution in [2.75, 3.05) is 17.2 Å². The van der Waals surface area contributed by atoms with E-state index in [0.29, 0.717) is 0 Å². The van der Waals surface area contributed by atoms with Gasteiger partial charge in [-0.05, 0) is 19.9 Å². The van der Waals surface area contributed by atoms with Crippen LogP contribution >= 0.6 is 0 Å². The van der Waals surface area contributed by atoms with Gasteiger partial charge in [0.15, 0.2) is 0 Å². The van der Waals surface area contributed by atoms with Crippen LogP contribution in [-0.4, -0.2) is 40.0 Å². The number of imide groups is 1. The number of nitrogens with two attached hydrogens (primary N) is 1. The first kappa shape index (κ1) is 13.8. The number of nitrogens with one attached hydrogen (secondary N) is 1. The van der Waals surface area contributed by atoms with E-state index < -0.39 is 23.3 Å². The zero-order valence-electron chi connectivity index (χ0n) is 11.0. The van der Waals surface area contributed by atoms with Crippen LogP contribution in [0.3, 0.4) is 0 Å². The molecule has 4 N–H and O–H groups in total. The minimum absolute atomic E-state index is 0.0416. The van der Waals surface area contributed by atoms with Gasteiger partial charge in [-0.25, -0.2) is 9.78 Å². The average molecular weight is 278 g/mol. The van der Waals surface area contributed by atoms with Crippen LogP contribution in [0.5, 0.6) is 0 Å². The molecule has 2 amide bonds. The van der Waals surface area contributed by atoms with Gasteiger partial charge < -0.3 is 15.7 Å². The number of carbonyl (C=O) groups is 3. The van der Waals surface area contributed by atoms with E-state index in [1.54, 1.807) is 13.8 Å². The fourth-order valence-electron chi connectivity index (χ4n) is 1.97. The topological polar surface area (TPSA) is 126 Å². The first-order valence-corrected chi connectivity index (χ1v) is 5.84. The van der Waals surface area contributed by atoms with Crippen molar-refractivity contribution in [2.24, 2.45) is 0 Å². The number of carboxylic acid groups (broad SMARTS) is 1. The average Bonchev–Trinajstić information content (AvgIpc) is 2.34.